The van der Waals surface area contributed by atoms with Crippen LogP contribution in [0.1, 0.15) is 38.2 Å². The smallest absolute Gasteiger partial charge is 0.191 e. The first-order chi connectivity index (χ1) is 13.6. The Kier molecular flexibility index (Phi) is 7.12. The van der Waals surface area contributed by atoms with Crippen LogP contribution in [0.2, 0.25) is 0 Å². The number of nitrogens with one attached hydrogen (secondary N) is 2. The Bertz CT molecular complexity index is 709. The highest BCUT2D eigenvalue weighted by Crippen LogP contribution is 2.24. The van der Waals surface area contributed by atoms with Gasteiger partial charge in [0.2, 0.25) is 0 Å². The molecule has 2 heterocycles. The minimum atomic E-state index is -0.773. The van der Waals surface area contributed by atoms with Gasteiger partial charge in [-0.25, -0.2) is 0 Å². The van der Waals surface area contributed by atoms with E-state index in [9.17, 15) is 10.4 Å². The van der Waals surface area contributed by atoms with Crippen molar-refractivity contribution < 1.29 is 9.84 Å². The van der Waals surface area contributed by atoms with E-state index in [2.05, 4.69) is 26.6 Å². The van der Waals surface area contributed by atoms with Gasteiger partial charge in [0.25, 0.3) is 0 Å². The lowest BCUT2D eigenvalue weighted by atomic mass is 9.95. The van der Waals surface area contributed by atoms with E-state index in [1.807, 2.05) is 31.2 Å². The zero-order chi connectivity index (χ0) is 19.8. The first-order valence-corrected chi connectivity index (χ1v) is 10.2. The summed E-state index contributed by atoms with van der Waals surface area (Å²) in [5.41, 5.74) is 0.936. The standard InChI is InChI=1S/C21H31N5O2/c1-2-23-20(24-16-21(27)9-12-28-13-10-21)25-18-7-5-11-26(15-18)19-8-4-3-6-17(19)14-22/h3-4,6,8,18,27H,2,5,7,9-13,15-16H2,1H3,(H2,23,24,25). The fourth-order valence-electron chi connectivity index (χ4n) is 3.81. The number of nitriles is 1. The van der Waals surface area contributed by atoms with Crippen LogP contribution < -0.4 is 15.5 Å². The van der Waals surface area contributed by atoms with Gasteiger partial charge in [0, 0.05) is 51.7 Å². The lowest BCUT2D eigenvalue weighted by Crippen LogP contribution is -2.52. The van der Waals surface area contributed by atoms with Crippen LogP contribution in [0.25, 0.3) is 0 Å². The van der Waals surface area contributed by atoms with Crippen molar-refractivity contribution in [3.05, 3.63) is 29.8 Å². The summed E-state index contributed by atoms with van der Waals surface area (Å²) in [6.45, 7) is 6.13. The summed E-state index contributed by atoms with van der Waals surface area (Å²) in [4.78, 5) is 6.93. The lowest BCUT2D eigenvalue weighted by molar-refractivity contribution is -0.0566. The third kappa shape index (κ3) is 5.37. The van der Waals surface area contributed by atoms with Crippen molar-refractivity contribution in [1.29, 1.82) is 5.26 Å². The van der Waals surface area contributed by atoms with Crippen LogP contribution in [0.3, 0.4) is 0 Å². The largest absolute Gasteiger partial charge is 0.388 e. The van der Waals surface area contributed by atoms with Gasteiger partial charge in [0.1, 0.15) is 6.07 Å². The van der Waals surface area contributed by atoms with E-state index in [1.54, 1.807) is 0 Å². The van der Waals surface area contributed by atoms with Crippen LogP contribution >= 0.6 is 0 Å². The lowest BCUT2D eigenvalue weighted by Gasteiger charge is -2.36. The molecule has 2 fully saturated rings. The zero-order valence-corrected chi connectivity index (χ0v) is 16.7. The van der Waals surface area contributed by atoms with Gasteiger partial charge in [-0.05, 0) is 31.9 Å². The van der Waals surface area contributed by atoms with Crippen molar-refractivity contribution >= 4 is 11.6 Å². The Morgan fingerprint density at radius 1 is 1.39 bits per heavy atom. The number of anilines is 1. The topological polar surface area (TPSA) is 92.9 Å². The molecule has 3 rings (SSSR count). The number of guanidine groups is 1. The molecule has 1 aromatic rings. The van der Waals surface area contributed by atoms with E-state index in [-0.39, 0.29) is 6.04 Å². The summed E-state index contributed by atoms with van der Waals surface area (Å²) < 4.78 is 5.35. The van der Waals surface area contributed by atoms with Gasteiger partial charge in [0.05, 0.1) is 23.4 Å². The van der Waals surface area contributed by atoms with Gasteiger partial charge in [-0.1, -0.05) is 12.1 Å². The van der Waals surface area contributed by atoms with E-state index < -0.39 is 5.60 Å². The van der Waals surface area contributed by atoms with Crippen LogP contribution in [0.5, 0.6) is 0 Å². The van der Waals surface area contributed by atoms with Crippen LogP contribution in [0.15, 0.2) is 29.3 Å². The highest BCUT2D eigenvalue weighted by molar-refractivity contribution is 5.80. The third-order valence-electron chi connectivity index (χ3n) is 5.43. The second kappa shape index (κ2) is 9.76. The fourth-order valence-corrected chi connectivity index (χ4v) is 3.81. The maximum atomic E-state index is 10.7. The number of ether oxygens (including phenoxy) is 1. The summed E-state index contributed by atoms with van der Waals surface area (Å²) in [7, 11) is 0. The second-order valence-electron chi connectivity index (χ2n) is 7.59. The molecule has 1 aromatic carbocycles. The van der Waals surface area contributed by atoms with Gasteiger partial charge < -0.3 is 25.4 Å². The molecule has 0 aromatic heterocycles. The van der Waals surface area contributed by atoms with E-state index in [1.165, 1.54) is 0 Å². The minimum absolute atomic E-state index is 0.239. The second-order valence-corrected chi connectivity index (χ2v) is 7.59. The highest BCUT2D eigenvalue weighted by atomic mass is 16.5. The number of benzene rings is 1. The van der Waals surface area contributed by atoms with Gasteiger partial charge >= 0.3 is 0 Å². The SMILES string of the molecule is CCNC(=NCC1(O)CCOCC1)NC1CCCN(c2ccccc2C#N)C1. The number of rotatable bonds is 5. The first-order valence-electron chi connectivity index (χ1n) is 10.2. The number of hydrogen-bond donors (Lipinski definition) is 3. The molecule has 2 aliphatic rings. The summed E-state index contributed by atoms with van der Waals surface area (Å²) >= 11 is 0. The molecule has 7 nitrogen and oxygen atoms in total. The molecule has 152 valence electrons. The molecule has 2 saturated heterocycles. The zero-order valence-electron chi connectivity index (χ0n) is 16.7. The number of para-hydroxylation sites is 1. The summed E-state index contributed by atoms with van der Waals surface area (Å²) in [5, 5.41) is 26.9. The van der Waals surface area contributed by atoms with Crippen molar-refractivity contribution in [3.8, 4) is 6.07 Å². The molecule has 0 bridgehead atoms. The predicted octanol–water partition coefficient (Wildman–Crippen LogP) is 1.62. The van der Waals surface area contributed by atoms with Gasteiger partial charge in [0.15, 0.2) is 5.96 Å². The van der Waals surface area contributed by atoms with Crippen LogP contribution in [-0.4, -0.2) is 62.1 Å². The number of hydrogen-bond acceptors (Lipinski definition) is 5. The average Bonchev–Trinajstić information content (AvgIpc) is 2.73. The van der Waals surface area contributed by atoms with Gasteiger partial charge in [-0.2, -0.15) is 5.26 Å². The van der Waals surface area contributed by atoms with E-state index in [0.717, 1.165) is 44.1 Å². The van der Waals surface area contributed by atoms with Gasteiger partial charge in [-0.15, -0.1) is 0 Å². The Balaban J connectivity index is 1.64. The molecule has 2 aliphatic heterocycles. The van der Waals surface area contributed by atoms with E-state index in [4.69, 9.17) is 4.74 Å². The monoisotopic (exact) mass is 385 g/mol. The maximum Gasteiger partial charge on any atom is 0.191 e. The number of aliphatic imine (C=N–C) groups is 1. The summed E-state index contributed by atoms with van der Waals surface area (Å²) in [5.74, 6) is 0.739. The normalized spacial score (nSPS) is 22.4. The van der Waals surface area contributed by atoms with Crippen molar-refractivity contribution in [1.82, 2.24) is 10.6 Å². The maximum absolute atomic E-state index is 10.7. The predicted molar refractivity (Wildman–Crippen MR) is 111 cm³/mol. The molecular formula is C21H31N5O2. The molecule has 0 aliphatic carbocycles. The molecule has 0 saturated carbocycles. The van der Waals surface area contributed by atoms with Crippen molar-refractivity contribution in [2.75, 3.05) is 44.3 Å². The Hall–Kier alpha value is -2.30. The third-order valence-corrected chi connectivity index (χ3v) is 5.43. The molecular weight excluding hydrogens is 354 g/mol. The van der Waals surface area contributed by atoms with Crippen LogP contribution in [0.4, 0.5) is 5.69 Å². The van der Waals surface area contributed by atoms with Crippen molar-refractivity contribution in [3.63, 3.8) is 0 Å². The number of nitrogens with zero attached hydrogens (tertiary/aromatic N) is 3. The van der Waals surface area contributed by atoms with E-state index >= 15 is 0 Å². The quantitative estimate of drug-likeness (QED) is 0.527. The average molecular weight is 386 g/mol. The van der Waals surface area contributed by atoms with Crippen molar-refractivity contribution in [2.45, 2.75) is 44.2 Å². The molecule has 3 N–H and O–H groups in total. The summed E-state index contributed by atoms with van der Waals surface area (Å²) in [6.07, 6.45) is 3.35. The molecule has 1 atom stereocenters. The molecule has 1 unspecified atom stereocenters. The molecule has 0 radical (unpaired) electrons. The first kappa shape index (κ1) is 20.4. The number of piperidine rings is 1. The van der Waals surface area contributed by atoms with Crippen LogP contribution in [0, 0.1) is 11.3 Å². The molecule has 28 heavy (non-hydrogen) atoms. The Morgan fingerprint density at radius 3 is 2.93 bits per heavy atom. The minimum Gasteiger partial charge on any atom is -0.388 e. The molecule has 7 heteroatoms. The molecule has 0 amide bonds. The Labute approximate surface area is 167 Å². The highest BCUT2D eigenvalue weighted by Gasteiger charge is 2.30. The summed E-state index contributed by atoms with van der Waals surface area (Å²) in [6, 6.07) is 10.3. The fraction of sp³-hybridized carbons (Fsp3) is 0.619. The number of aliphatic hydroxyl groups is 1. The van der Waals surface area contributed by atoms with E-state index in [0.29, 0.717) is 38.2 Å². The van der Waals surface area contributed by atoms with Crippen LogP contribution in [-0.2, 0) is 4.74 Å². The molecule has 0 spiro atoms. The van der Waals surface area contributed by atoms with Gasteiger partial charge in [-0.3, -0.25) is 4.99 Å². The Morgan fingerprint density at radius 2 is 2.18 bits per heavy atom. The van der Waals surface area contributed by atoms with Crippen molar-refractivity contribution in [2.24, 2.45) is 4.99 Å².